The van der Waals surface area contributed by atoms with Crippen LogP contribution >= 0.6 is 0 Å². The quantitative estimate of drug-likeness (QED) is 0.116. The van der Waals surface area contributed by atoms with Crippen molar-refractivity contribution in [2.75, 3.05) is 6.54 Å². The van der Waals surface area contributed by atoms with Crippen LogP contribution in [0.4, 0.5) is 0 Å². The first-order chi connectivity index (χ1) is 9.82. The van der Waals surface area contributed by atoms with Crippen molar-refractivity contribution in [3.63, 3.8) is 0 Å². The summed E-state index contributed by atoms with van der Waals surface area (Å²) < 4.78 is 0. The summed E-state index contributed by atoms with van der Waals surface area (Å²) in [6.45, 7) is 0.302. The molecule has 21 heavy (non-hydrogen) atoms. The Morgan fingerprint density at radius 2 is 1.76 bits per heavy atom. The first-order valence-corrected chi connectivity index (χ1v) is 6.76. The lowest BCUT2D eigenvalue weighted by atomic mass is 10.1. The maximum Gasteiger partial charge on any atom is 0.326 e. The minimum atomic E-state index is -1.38. The molecule has 9 nitrogen and oxygen atoms in total. The maximum absolute atomic E-state index is 11.6. The number of aliphatic hydroxyl groups is 2. The van der Waals surface area contributed by atoms with Crippen molar-refractivity contribution in [2.45, 2.75) is 50.9 Å². The van der Waals surface area contributed by atoms with E-state index in [2.05, 4.69) is 10.3 Å². The number of nitrogens with zero attached hydrogens (tertiary/aromatic N) is 1. The largest absolute Gasteiger partial charge is 0.480 e. The van der Waals surface area contributed by atoms with Crippen molar-refractivity contribution >= 4 is 17.8 Å². The number of hydrogen-bond donors (Lipinski definition) is 6. The topological polar surface area (TPSA) is 171 Å². The second-order valence-corrected chi connectivity index (χ2v) is 4.63. The molecule has 9 heteroatoms. The van der Waals surface area contributed by atoms with E-state index in [-0.39, 0.29) is 31.1 Å². The van der Waals surface area contributed by atoms with Gasteiger partial charge in [0.2, 0.25) is 5.91 Å². The summed E-state index contributed by atoms with van der Waals surface area (Å²) in [5.41, 5.74) is 10.3. The van der Waals surface area contributed by atoms with Crippen molar-refractivity contribution in [2.24, 2.45) is 16.5 Å². The third kappa shape index (κ3) is 11.6. The number of nitrogens with two attached hydrogens (primary N) is 2. The summed E-state index contributed by atoms with van der Waals surface area (Å²) in [5, 5.41) is 28.7. The van der Waals surface area contributed by atoms with Crippen molar-refractivity contribution in [1.29, 1.82) is 0 Å². The number of guanidine groups is 1. The highest BCUT2D eigenvalue weighted by molar-refractivity contribution is 5.83. The van der Waals surface area contributed by atoms with Crippen LogP contribution in [0.3, 0.4) is 0 Å². The van der Waals surface area contributed by atoms with Gasteiger partial charge in [0, 0.05) is 13.0 Å². The van der Waals surface area contributed by atoms with E-state index >= 15 is 0 Å². The van der Waals surface area contributed by atoms with Gasteiger partial charge in [0.15, 0.2) is 12.2 Å². The molecule has 0 saturated carbocycles. The lowest BCUT2D eigenvalue weighted by Crippen LogP contribution is -2.40. The molecule has 0 bridgehead atoms. The molecule has 0 saturated heterocycles. The number of aliphatic carboxylic acids is 1. The minimum absolute atomic E-state index is 0.0584. The number of unbranched alkanes of at least 4 members (excludes halogenated alkanes) is 1. The molecule has 0 spiro atoms. The van der Waals surface area contributed by atoms with E-state index < -0.39 is 18.3 Å². The van der Waals surface area contributed by atoms with Crippen LogP contribution in [0, 0.1) is 0 Å². The van der Waals surface area contributed by atoms with Crippen LogP contribution in [-0.2, 0) is 9.59 Å². The Morgan fingerprint density at radius 3 is 2.29 bits per heavy atom. The number of carboxylic acid groups (broad SMARTS) is 1. The van der Waals surface area contributed by atoms with Crippen molar-refractivity contribution in [1.82, 2.24) is 5.32 Å². The van der Waals surface area contributed by atoms with E-state index in [4.69, 9.17) is 26.8 Å². The zero-order valence-corrected chi connectivity index (χ0v) is 11.9. The maximum atomic E-state index is 11.6. The van der Waals surface area contributed by atoms with Gasteiger partial charge in [-0.1, -0.05) is 0 Å². The smallest absolute Gasteiger partial charge is 0.326 e. The van der Waals surface area contributed by atoms with E-state index in [0.717, 1.165) is 0 Å². The molecule has 1 unspecified atom stereocenters. The van der Waals surface area contributed by atoms with Crippen LogP contribution < -0.4 is 16.8 Å². The van der Waals surface area contributed by atoms with Crippen LogP contribution in [0.5, 0.6) is 0 Å². The third-order valence-electron chi connectivity index (χ3n) is 2.69. The molecule has 1 amide bonds. The number of carbonyl (C=O) groups is 2. The number of hydrogen-bond acceptors (Lipinski definition) is 5. The van der Waals surface area contributed by atoms with Crippen LogP contribution in [0.15, 0.2) is 4.99 Å². The molecule has 122 valence electrons. The zero-order valence-electron chi connectivity index (χ0n) is 11.9. The normalized spacial score (nSPS) is 12.0. The molecule has 0 aliphatic carbocycles. The number of rotatable bonds is 11. The lowest BCUT2D eigenvalue weighted by Gasteiger charge is -2.14. The second-order valence-electron chi connectivity index (χ2n) is 4.63. The SMILES string of the molecule is NC(N)=NCCCC(NC(=O)CCCCC(O)O)C(=O)O. The summed E-state index contributed by atoms with van der Waals surface area (Å²) in [5.74, 6) is -1.55. The number of carboxylic acids is 1. The summed E-state index contributed by atoms with van der Waals surface area (Å²) >= 11 is 0. The van der Waals surface area contributed by atoms with Gasteiger partial charge in [-0.2, -0.15) is 0 Å². The highest BCUT2D eigenvalue weighted by atomic mass is 16.5. The molecule has 0 aliphatic rings. The van der Waals surface area contributed by atoms with Gasteiger partial charge in [-0.25, -0.2) is 4.79 Å². The van der Waals surface area contributed by atoms with Gasteiger partial charge in [-0.05, 0) is 32.1 Å². The van der Waals surface area contributed by atoms with Crippen molar-refractivity contribution in [3.8, 4) is 0 Å². The summed E-state index contributed by atoms with van der Waals surface area (Å²) in [6, 6.07) is -0.977. The Bertz CT molecular complexity index is 356. The van der Waals surface area contributed by atoms with Gasteiger partial charge in [-0.3, -0.25) is 9.79 Å². The molecule has 0 aromatic rings. The average Bonchev–Trinajstić information content (AvgIpc) is 2.37. The van der Waals surface area contributed by atoms with E-state index in [0.29, 0.717) is 25.8 Å². The van der Waals surface area contributed by atoms with E-state index in [1.165, 1.54) is 0 Å². The average molecular weight is 304 g/mol. The van der Waals surface area contributed by atoms with Crippen molar-refractivity contribution in [3.05, 3.63) is 0 Å². The first kappa shape index (κ1) is 19.1. The van der Waals surface area contributed by atoms with Crippen LogP contribution in [0.25, 0.3) is 0 Å². The molecule has 1 atom stereocenters. The fraction of sp³-hybridized carbons (Fsp3) is 0.750. The molecule has 0 aromatic carbocycles. The number of aliphatic imine (C=N–C) groups is 1. The molecule has 0 fully saturated rings. The van der Waals surface area contributed by atoms with Crippen molar-refractivity contribution < 1.29 is 24.9 Å². The predicted molar refractivity (Wildman–Crippen MR) is 76.2 cm³/mol. The van der Waals surface area contributed by atoms with Gasteiger partial charge in [0.05, 0.1) is 0 Å². The first-order valence-electron chi connectivity index (χ1n) is 6.76. The third-order valence-corrected chi connectivity index (χ3v) is 2.69. The van der Waals surface area contributed by atoms with Gasteiger partial charge in [0.1, 0.15) is 6.04 Å². The predicted octanol–water partition coefficient (Wildman–Crippen LogP) is -1.52. The molecule has 0 heterocycles. The Balaban J connectivity index is 3.99. The molecule has 8 N–H and O–H groups in total. The Morgan fingerprint density at radius 1 is 1.10 bits per heavy atom. The zero-order chi connectivity index (χ0) is 16.3. The summed E-state index contributed by atoms with van der Waals surface area (Å²) in [7, 11) is 0. The van der Waals surface area contributed by atoms with Gasteiger partial charge >= 0.3 is 5.97 Å². The standard InChI is InChI=1S/C12H24N4O5/c13-12(14)15-7-3-4-8(11(20)21)16-9(17)5-1-2-6-10(18)19/h8,10,18-19H,1-7H2,(H,16,17)(H,20,21)(H4,13,14,15). The van der Waals surface area contributed by atoms with Crippen LogP contribution in [0.1, 0.15) is 38.5 Å². The number of nitrogens with one attached hydrogen (secondary N) is 1. The van der Waals surface area contributed by atoms with Crippen LogP contribution in [-0.4, -0.2) is 52.0 Å². The Labute approximate surface area is 123 Å². The Kier molecular flexibility index (Phi) is 9.90. The molecule has 0 rings (SSSR count). The summed E-state index contributed by atoms with van der Waals surface area (Å²) in [4.78, 5) is 26.3. The van der Waals surface area contributed by atoms with E-state index in [1.807, 2.05) is 0 Å². The second kappa shape index (κ2) is 10.9. The Hall–Kier alpha value is -1.87. The van der Waals surface area contributed by atoms with E-state index in [1.54, 1.807) is 0 Å². The minimum Gasteiger partial charge on any atom is -0.480 e. The number of amides is 1. The summed E-state index contributed by atoms with van der Waals surface area (Å²) in [6.07, 6.45) is 0.560. The number of carbonyl (C=O) groups excluding carboxylic acids is 1. The van der Waals surface area contributed by atoms with Crippen LogP contribution in [0.2, 0.25) is 0 Å². The van der Waals surface area contributed by atoms with E-state index in [9.17, 15) is 9.59 Å². The molecule has 0 aromatic heterocycles. The fourth-order valence-electron chi connectivity index (χ4n) is 1.64. The lowest BCUT2D eigenvalue weighted by molar-refractivity contribution is -0.142. The molecular weight excluding hydrogens is 280 g/mol. The highest BCUT2D eigenvalue weighted by Gasteiger charge is 2.19. The van der Waals surface area contributed by atoms with Gasteiger partial charge in [-0.15, -0.1) is 0 Å². The molecule has 0 radical (unpaired) electrons. The van der Waals surface area contributed by atoms with Gasteiger partial charge in [0.25, 0.3) is 0 Å². The molecular formula is C12H24N4O5. The highest BCUT2D eigenvalue weighted by Crippen LogP contribution is 2.04. The fourth-order valence-corrected chi connectivity index (χ4v) is 1.64. The van der Waals surface area contributed by atoms with Gasteiger partial charge < -0.3 is 32.1 Å². The number of aliphatic hydroxyl groups excluding tert-OH is 1. The molecule has 0 aliphatic heterocycles. The monoisotopic (exact) mass is 304 g/mol.